The van der Waals surface area contributed by atoms with E-state index in [-0.39, 0.29) is 23.7 Å². The lowest BCUT2D eigenvalue weighted by Crippen LogP contribution is -2.47. The maximum Gasteiger partial charge on any atom is 0.328 e. The van der Waals surface area contributed by atoms with Crippen LogP contribution in [0.3, 0.4) is 0 Å². The fraction of sp³-hybridized carbons (Fsp3) is 0.346. The highest BCUT2D eigenvalue weighted by Gasteiger charge is 2.42. The molecule has 0 radical (unpaired) electrons. The Bertz CT molecular complexity index is 1110. The second-order valence-corrected chi connectivity index (χ2v) is 9.25. The van der Waals surface area contributed by atoms with Crippen molar-refractivity contribution in [3.05, 3.63) is 81.9 Å². The highest BCUT2D eigenvalue weighted by Crippen LogP contribution is 2.50. The summed E-state index contributed by atoms with van der Waals surface area (Å²) >= 11 is 0. The third kappa shape index (κ3) is 4.24. The largest absolute Gasteiger partial charge is 0.478 e. The maximum absolute atomic E-state index is 15.4. The SMILES string of the molecule is C[C@@H]1CC2=C(Cc3ccccc32)C(c2c(F)cc(/C=C/C(=O)O)cc2F)N1CC(C)(C)F. The quantitative estimate of drug-likeness (QED) is 0.583. The zero-order valence-electron chi connectivity index (χ0n) is 18.3. The number of hydrogen-bond donors (Lipinski definition) is 1. The highest BCUT2D eigenvalue weighted by molar-refractivity contribution is 5.85. The van der Waals surface area contributed by atoms with Crippen molar-refractivity contribution in [1.82, 2.24) is 4.90 Å². The van der Waals surface area contributed by atoms with E-state index in [0.717, 1.165) is 46.6 Å². The van der Waals surface area contributed by atoms with Gasteiger partial charge in [-0.25, -0.2) is 18.0 Å². The number of rotatable bonds is 5. The van der Waals surface area contributed by atoms with Crippen molar-refractivity contribution in [3.8, 4) is 0 Å². The Hall–Kier alpha value is -2.86. The van der Waals surface area contributed by atoms with E-state index in [1.165, 1.54) is 13.8 Å². The van der Waals surface area contributed by atoms with E-state index in [4.69, 9.17) is 5.11 Å². The van der Waals surface area contributed by atoms with Crippen LogP contribution in [0.2, 0.25) is 0 Å². The molecule has 0 fully saturated rings. The normalized spacial score (nSPS) is 21.2. The average molecular weight is 441 g/mol. The van der Waals surface area contributed by atoms with Crippen LogP contribution in [0.25, 0.3) is 11.6 Å². The van der Waals surface area contributed by atoms with Crippen molar-refractivity contribution in [2.45, 2.75) is 51.4 Å². The minimum atomic E-state index is -1.55. The molecule has 1 aliphatic carbocycles. The molecular weight excluding hydrogens is 415 g/mol. The number of fused-ring (bicyclic) bond motifs is 2. The summed E-state index contributed by atoms with van der Waals surface area (Å²) in [6, 6.07) is 9.36. The Morgan fingerprint density at radius 1 is 1.22 bits per heavy atom. The molecule has 1 aliphatic heterocycles. The number of halogens is 3. The van der Waals surface area contributed by atoms with Gasteiger partial charge in [-0.3, -0.25) is 4.90 Å². The minimum absolute atomic E-state index is 0.0332. The van der Waals surface area contributed by atoms with Crippen molar-refractivity contribution >= 4 is 17.6 Å². The fourth-order valence-corrected chi connectivity index (χ4v) is 4.97. The molecule has 32 heavy (non-hydrogen) atoms. The van der Waals surface area contributed by atoms with Gasteiger partial charge in [-0.05, 0) is 79.7 Å². The lowest BCUT2D eigenvalue weighted by Gasteiger charge is -2.44. The monoisotopic (exact) mass is 441 g/mol. The molecule has 0 bridgehead atoms. The van der Waals surface area contributed by atoms with Crippen molar-refractivity contribution in [2.24, 2.45) is 0 Å². The molecule has 0 saturated heterocycles. The van der Waals surface area contributed by atoms with Gasteiger partial charge in [0.15, 0.2) is 0 Å². The second-order valence-electron chi connectivity index (χ2n) is 9.25. The smallest absolute Gasteiger partial charge is 0.328 e. The number of aliphatic carboxylic acids is 1. The second kappa shape index (κ2) is 8.24. The lowest BCUT2D eigenvalue weighted by atomic mass is 9.83. The topological polar surface area (TPSA) is 40.5 Å². The molecule has 4 rings (SSSR count). The standard InChI is InChI=1S/C26H26F3NO2/c1-15-10-19-18-7-5-4-6-17(18)13-20(19)25(30(15)14-26(2,3)29)24-21(27)11-16(12-22(24)28)8-9-23(31)32/h4-9,11-12,15,25H,10,13-14H2,1-3H3,(H,31,32)/b9-8+/t15-,25?/m1/s1. The Labute approximate surface area is 185 Å². The van der Waals surface area contributed by atoms with Gasteiger partial charge in [-0.15, -0.1) is 0 Å². The fourth-order valence-electron chi connectivity index (χ4n) is 4.97. The van der Waals surface area contributed by atoms with Crippen LogP contribution in [0.5, 0.6) is 0 Å². The molecular formula is C26H26F3NO2. The molecule has 168 valence electrons. The van der Waals surface area contributed by atoms with Gasteiger partial charge in [0.25, 0.3) is 0 Å². The Morgan fingerprint density at radius 3 is 2.50 bits per heavy atom. The third-order valence-corrected chi connectivity index (χ3v) is 6.19. The molecule has 0 aromatic heterocycles. The summed E-state index contributed by atoms with van der Waals surface area (Å²) in [5.41, 5.74) is 2.65. The molecule has 0 amide bonds. The molecule has 2 aromatic carbocycles. The molecule has 6 heteroatoms. The van der Waals surface area contributed by atoms with Crippen LogP contribution in [-0.2, 0) is 11.2 Å². The van der Waals surface area contributed by atoms with E-state index in [1.54, 1.807) is 0 Å². The summed E-state index contributed by atoms with van der Waals surface area (Å²) < 4.78 is 45.5. The van der Waals surface area contributed by atoms with Gasteiger partial charge >= 0.3 is 5.97 Å². The first kappa shape index (κ1) is 22.3. The molecule has 1 unspecified atom stereocenters. The molecule has 2 aliphatic rings. The summed E-state index contributed by atoms with van der Waals surface area (Å²) in [7, 11) is 0. The van der Waals surface area contributed by atoms with Gasteiger partial charge < -0.3 is 5.11 Å². The minimum Gasteiger partial charge on any atom is -0.478 e. The number of carboxylic acid groups (broad SMARTS) is 1. The Kier molecular flexibility index (Phi) is 5.76. The first-order chi connectivity index (χ1) is 15.0. The van der Waals surface area contributed by atoms with Gasteiger partial charge in [0, 0.05) is 24.2 Å². The van der Waals surface area contributed by atoms with Crippen LogP contribution >= 0.6 is 0 Å². The van der Waals surface area contributed by atoms with Crippen LogP contribution in [-0.4, -0.2) is 34.2 Å². The molecule has 1 heterocycles. The maximum atomic E-state index is 15.4. The molecule has 0 saturated carbocycles. The highest BCUT2D eigenvalue weighted by atomic mass is 19.1. The Balaban J connectivity index is 1.86. The predicted molar refractivity (Wildman–Crippen MR) is 119 cm³/mol. The van der Waals surface area contributed by atoms with E-state index >= 15 is 8.78 Å². The van der Waals surface area contributed by atoms with Gasteiger partial charge in [-0.2, -0.15) is 0 Å². The lowest BCUT2D eigenvalue weighted by molar-refractivity contribution is -0.131. The molecule has 3 nitrogen and oxygen atoms in total. The van der Waals surface area contributed by atoms with Crippen molar-refractivity contribution in [2.75, 3.05) is 6.54 Å². The van der Waals surface area contributed by atoms with Crippen molar-refractivity contribution in [3.63, 3.8) is 0 Å². The van der Waals surface area contributed by atoms with Gasteiger partial charge in [-0.1, -0.05) is 24.3 Å². The molecule has 2 aromatic rings. The van der Waals surface area contributed by atoms with Gasteiger partial charge in [0.2, 0.25) is 0 Å². The van der Waals surface area contributed by atoms with Crippen LogP contribution in [0.4, 0.5) is 13.2 Å². The van der Waals surface area contributed by atoms with Gasteiger partial charge in [0.05, 0.1) is 6.04 Å². The summed E-state index contributed by atoms with van der Waals surface area (Å²) in [4.78, 5) is 12.6. The molecule has 0 spiro atoms. The van der Waals surface area contributed by atoms with Crippen LogP contribution in [0, 0.1) is 11.6 Å². The van der Waals surface area contributed by atoms with Crippen LogP contribution < -0.4 is 0 Å². The zero-order valence-corrected chi connectivity index (χ0v) is 18.3. The average Bonchev–Trinajstić information content (AvgIpc) is 3.05. The Morgan fingerprint density at radius 2 is 1.88 bits per heavy atom. The number of benzene rings is 2. The number of nitrogens with zero attached hydrogens (tertiary/aromatic N) is 1. The number of hydrogen-bond acceptors (Lipinski definition) is 2. The number of carbonyl (C=O) groups is 1. The molecule has 1 N–H and O–H groups in total. The number of carboxylic acids is 1. The first-order valence-corrected chi connectivity index (χ1v) is 10.7. The zero-order chi connectivity index (χ0) is 23.2. The summed E-state index contributed by atoms with van der Waals surface area (Å²) in [6.07, 6.45) is 3.23. The van der Waals surface area contributed by atoms with E-state index in [9.17, 15) is 9.18 Å². The predicted octanol–water partition coefficient (Wildman–Crippen LogP) is 5.96. The van der Waals surface area contributed by atoms with Gasteiger partial charge in [0.1, 0.15) is 17.3 Å². The first-order valence-electron chi connectivity index (χ1n) is 10.7. The summed E-state index contributed by atoms with van der Waals surface area (Å²) in [5.74, 6) is -2.73. The van der Waals surface area contributed by atoms with Crippen LogP contribution in [0.15, 0.2) is 48.0 Å². The van der Waals surface area contributed by atoms with Crippen LogP contribution in [0.1, 0.15) is 55.5 Å². The summed E-state index contributed by atoms with van der Waals surface area (Å²) in [5, 5.41) is 8.81. The number of alkyl halides is 1. The molecule has 2 atom stereocenters. The third-order valence-electron chi connectivity index (χ3n) is 6.19. The van der Waals surface area contributed by atoms with E-state index < -0.39 is 29.3 Å². The van der Waals surface area contributed by atoms with Crippen molar-refractivity contribution in [1.29, 1.82) is 0 Å². The van der Waals surface area contributed by atoms with E-state index in [2.05, 4.69) is 0 Å². The van der Waals surface area contributed by atoms with Crippen molar-refractivity contribution < 1.29 is 23.1 Å². The van der Waals surface area contributed by atoms with E-state index in [0.29, 0.717) is 12.8 Å². The summed E-state index contributed by atoms with van der Waals surface area (Å²) in [6.45, 7) is 4.93. The van der Waals surface area contributed by atoms with E-state index in [1.807, 2.05) is 36.1 Å².